The third-order valence-electron chi connectivity index (χ3n) is 7.25. The van der Waals surface area contributed by atoms with Crippen LogP contribution in [0.1, 0.15) is 21.6 Å². The number of nitrogens with two attached hydrogens (primary N) is 2. The largest absolute Gasteiger partial charge is 0.508 e. The first kappa shape index (κ1) is 27.7. The van der Waals surface area contributed by atoms with E-state index in [0.717, 1.165) is 22.0 Å². The molecule has 3 aromatic carbocycles. The number of amides is 1. The van der Waals surface area contributed by atoms with Crippen molar-refractivity contribution in [2.45, 2.75) is 6.54 Å². The van der Waals surface area contributed by atoms with Gasteiger partial charge in [0.2, 0.25) is 0 Å². The molecule has 0 radical (unpaired) electrons. The number of anilines is 1. The molecule has 1 saturated heterocycles. The van der Waals surface area contributed by atoms with Crippen molar-refractivity contribution in [1.29, 1.82) is 0 Å². The summed E-state index contributed by atoms with van der Waals surface area (Å²) in [6.45, 7) is 2.45. The lowest BCUT2D eigenvalue weighted by atomic mass is 10.1. The zero-order chi connectivity index (χ0) is 29.9. The Kier molecular flexibility index (Phi) is 7.60. The van der Waals surface area contributed by atoms with Gasteiger partial charge in [-0.05, 0) is 72.3 Å². The van der Waals surface area contributed by atoms with Crippen molar-refractivity contribution >= 4 is 28.2 Å². The molecule has 5 aromatic rings. The summed E-state index contributed by atoms with van der Waals surface area (Å²) in [4.78, 5) is 27.1. The van der Waals surface area contributed by atoms with E-state index >= 15 is 0 Å². The van der Waals surface area contributed by atoms with E-state index in [1.165, 1.54) is 15.8 Å². The Morgan fingerprint density at radius 3 is 2.51 bits per heavy atom. The van der Waals surface area contributed by atoms with Crippen molar-refractivity contribution in [1.82, 2.24) is 24.9 Å². The van der Waals surface area contributed by atoms with Crippen molar-refractivity contribution in [2.75, 3.05) is 31.3 Å². The number of phenols is 1. The number of hydrazine groups is 1. The lowest BCUT2D eigenvalue weighted by Gasteiger charge is -2.27. The van der Waals surface area contributed by atoms with Gasteiger partial charge in [0.05, 0.1) is 42.4 Å². The number of hydrogen-bond acceptors (Lipinski definition) is 9. The fraction of sp³-hybridized carbons (Fsp3) is 0.161. The summed E-state index contributed by atoms with van der Waals surface area (Å²) >= 11 is 0. The molecular formula is C31H30N8O4. The highest BCUT2D eigenvalue weighted by atomic mass is 16.5. The third kappa shape index (κ3) is 5.96. The molecule has 6 rings (SSSR count). The van der Waals surface area contributed by atoms with E-state index in [0.29, 0.717) is 54.6 Å². The number of carbonyl (C=O) groups excluding carboxylic acids is 1. The van der Waals surface area contributed by atoms with Crippen LogP contribution in [0.5, 0.6) is 5.75 Å². The summed E-state index contributed by atoms with van der Waals surface area (Å²) in [7, 11) is 0. The average molecular weight is 579 g/mol. The number of hydrogen-bond donors (Lipinski definition) is 4. The van der Waals surface area contributed by atoms with E-state index in [9.17, 15) is 14.7 Å². The third-order valence-corrected chi connectivity index (χ3v) is 7.25. The maximum atomic E-state index is 12.7. The van der Waals surface area contributed by atoms with Gasteiger partial charge in [0.25, 0.3) is 11.5 Å². The molecule has 3 heterocycles. The molecule has 12 nitrogen and oxygen atoms in total. The van der Waals surface area contributed by atoms with Crippen LogP contribution in [0.25, 0.3) is 27.9 Å². The molecule has 0 aliphatic carbocycles. The number of carbonyl (C=O) groups is 1. The Morgan fingerprint density at radius 1 is 1.02 bits per heavy atom. The zero-order valence-corrected chi connectivity index (χ0v) is 23.2. The van der Waals surface area contributed by atoms with Gasteiger partial charge in [-0.2, -0.15) is 10.2 Å². The minimum absolute atomic E-state index is 0.0446. The second-order valence-electron chi connectivity index (χ2n) is 10.2. The minimum atomic E-state index is -0.245. The van der Waals surface area contributed by atoms with Gasteiger partial charge in [-0.1, -0.05) is 6.07 Å². The van der Waals surface area contributed by atoms with Gasteiger partial charge < -0.3 is 20.5 Å². The number of benzene rings is 3. The number of fused-ring (bicyclic) bond motifs is 1. The average Bonchev–Trinajstić information content (AvgIpc) is 3.46. The van der Waals surface area contributed by atoms with Crippen LogP contribution >= 0.6 is 0 Å². The Labute approximate surface area is 246 Å². The number of aromatic hydroxyl groups is 1. The van der Waals surface area contributed by atoms with Crippen molar-refractivity contribution in [3.8, 4) is 17.0 Å². The van der Waals surface area contributed by atoms with Gasteiger partial charge in [-0.3, -0.25) is 19.7 Å². The Morgan fingerprint density at radius 2 is 1.77 bits per heavy atom. The normalized spacial score (nSPS) is 13.8. The Bertz CT molecular complexity index is 1860. The lowest BCUT2D eigenvalue weighted by Crippen LogP contribution is -2.40. The van der Waals surface area contributed by atoms with E-state index in [-0.39, 0.29) is 23.8 Å². The summed E-state index contributed by atoms with van der Waals surface area (Å²) in [5.74, 6) is 6.41. The molecule has 0 unspecified atom stereocenters. The maximum absolute atomic E-state index is 12.7. The number of morpholine rings is 1. The summed E-state index contributed by atoms with van der Waals surface area (Å²) < 4.78 is 6.71. The van der Waals surface area contributed by atoms with Crippen LogP contribution in [0, 0.1) is 0 Å². The van der Waals surface area contributed by atoms with Gasteiger partial charge in [-0.25, -0.2) is 10.5 Å². The van der Waals surface area contributed by atoms with Gasteiger partial charge in [0.1, 0.15) is 11.4 Å². The molecule has 6 N–H and O–H groups in total. The molecule has 1 aliphatic rings. The molecule has 1 aliphatic heterocycles. The number of ether oxygens (including phenoxy) is 1. The van der Waals surface area contributed by atoms with E-state index in [1.807, 2.05) is 18.2 Å². The summed E-state index contributed by atoms with van der Waals surface area (Å²) in [5, 5.41) is 23.6. The van der Waals surface area contributed by atoms with Crippen LogP contribution in [-0.2, 0) is 11.3 Å². The van der Waals surface area contributed by atoms with Crippen LogP contribution in [0.2, 0.25) is 0 Å². The van der Waals surface area contributed by atoms with E-state index in [1.54, 1.807) is 65.7 Å². The standard InChI is InChI=1S/C31H30N8O4/c32-26(19-38(33)23-6-2-22(3-7-23)31(42)37-13-15-43-16-14-37)30-25-17-20(1-10-28(25)34-35-30)18-39-29(41)12-11-27(36-39)21-4-8-24(40)9-5-21/h1-12,17,19,40H,13-16,18,32-33H2,(H,34,35)/b26-19-. The second kappa shape index (κ2) is 11.8. The van der Waals surface area contributed by atoms with Crippen molar-refractivity contribution in [2.24, 2.45) is 11.6 Å². The number of aromatic amines is 1. The highest BCUT2D eigenvalue weighted by Gasteiger charge is 2.19. The number of nitrogens with zero attached hydrogens (tertiary/aromatic N) is 5. The molecule has 0 saturated carbocycles. The first-order chi connectivity index (χ1) is 20.9. The summed E-state index contributed by atoms with van der Waals surface area (Å²) in [6, 6.07) is 22.4. The molecule has 0 spiro atoms. The van der Waals surface area contributed by atoms with Gasteiger partial charge in [-0.15, -0.1) is 0 Å². The highest BCUT2D eigenvalue weighted by molar-refractivity contribution is 5.95. The van der Waals surface area contributed by atoms with Crippen LogP contribution in [0.4, 0.5) is 5.69 Å². The van der Waals surface area contributed by atoms with Crippen molar-refractivity contribution < 1.29 is 14.6 Å². The highest BCUT2D eigenvalue weighted by Crippen LogP contribution is 2.24. The predicted octanol–water partition coefficient (Wildman–Crippen LogP) is 2.65. The van der Waals surface area contributed by atoms with E-state index < -0.39 is 0 Å². The Balaban J connectivity index is 1.21. The molecule has 1 fully saturated rings. The number of rotatable bonds is 7. The van der Waals surface area contributed by atoms with Crippen molar-refractivity contribution in [3.63, 3.8) is 0 Å². The maximum Gasteiger partial charge on any atom is 0.267 e. The number of H-pyrrole nitrogens is 1. The zero-order valence-electron chi connectivity index (χ0n) is 23.2. The SMILES string of the molecule is N/C(=C\N(N)c1ccc(C(=O)N2CCOCC2)cc1)c1n[nH]c2ccc(Cn3nc(-c4ccc(O)cc4)ccc3=O)cc12. The molecule has 0 bridgehead atoms. The van der Waals surface area contributed by atoms with E-state index in [2.05, 4.69) is 15.3 Å². The molecule has 43 heavy (non-hydrogen) atoms. The number of nitrogens with one attached hydrogen (secondary N) is 1. The molecule has 0 atom stereocenters. The van der Waals surface area contributed by atoms with Gasteiger partial charge in [0.15, 0.2) is 0 Å². The molecule has 12 heteroatoms. The van der Waals surface area contributed by atoms with Gasteiger partial charge in [0, 0.05) is 41.9 Å². The number of aromatic nitrogens is 4. The summed E-state index contributed by atoms with van der Waals surface area (Å²) in [5.41, 5.74) is 11.2. The second-order valence-corrected chi connectivity index (χ2v) is 10.2. The monoisotopic (exact) mass is 578 g/mol. The van der Waals surface area contributed by atoms with Crippen LogP contribution < -0.4 is 22.1 Å². The molecule has 2 aromatic heterocycles. The smallest absolute Gasteiger partial charge is 0.267 e. The van der Waals surface area contributed by atoms with Crippen molar-refractivity contribution in [3.05, 3.63) is 112 Å². The first-order valence-electron chi connectivity index (χ1n) is 13.7. The van der Waals surface area contributed by atoms with Crippen LogP contribution in [-0.4, -0.2) is 62.2 Å². The quantitative estimate of drug-likeness (QED) is 0.168. The Hall–Kier alpha value is -5.46. The van der Waals surface area contributed by atoms with E-state index in [4.69, 9.17) is 16.3 Å². The number of phenolic OH excluding ortho intramolecular Hbond substituents is 1. The predicted molar refractivity (Wildman–Crippen MR) is 163 cm³/mol. The fourth-order valence-electron chi connectivity index (χ4n) is 4.91. The molecular weight excluding hydrogens is 548 g/mol. The molecule has 218 valence electrons. The molecule has 1 amide bonds. The summed E-state index contributed by atoms with van der Waals surface area (Å²) in [6.07, 6.45) is 1.56. The fourth-order valence-corrected chi connectivity index (χ4v) is 4.91. The first-order valence-corrected chi connectivity index (χ1v) is 13.7. The minimum Gasteiger partial charge on any atom is -0.508 e. The van der Waals surface area contributed by atoms with Crippen LogP contribution in [0.3, 0.4) is 0 Å². The van der Waals surface area contributed by atoms with Gasteiger partial charge >= 0.3 is 0 Å². The lowest BCUT2D eigenvalue weighted by molar-refractivity contribution is 0.0303. The topological polar surface area (TPSA) is 169 Å². The van der Waals surface area contributed by atoms with Crippen LogP contribution in [0.15, 0.2) is 89.9 Å².